The molecule has 0 aromatic heterocycles. The van der Waals surface area contributed by atoms with Crippen molar-refractivity contribution < 1.29 is 37.9 Å². The van der Waals surface area contributed by atoms with Gasteiger partial charge in [-0.05, 0) is 66.4 Å². The van der Waals surface area contributed by atoms with Crippen LogP contribution in [0, 0.1) is 13.8 Å². The van der Waals surface area contributed by atoms with Crippen LogP contribution in [0.1, 0.15) is 32.6 Å². The molecule has 0 saturated carbocycles. The number of hydrogen-bond donors (Lipinski definition) is 2. The van der Waals surface area contributed by atoms with E-state index in [4.69, 9.17) is 24.0 Å². The molecule has 2 aromatic carbocycles. The summed E-state index contributed by atoms with van der Waals surface area (Å²) in [4.78, 5) is 30.4. The molecule has 2 aromatic rings. The number of ether oxygens (including phenoxy) is 3. The first-order chi connectivity index (χ1) is 14.1. The third kappa shape index (κ3) is 5.99. The molecule has 162 valence electrons. The molecule has 0 unspecified atom stereocenters. The molecule has 0 spiro atoms. The van der Waals surface area contributed by atoms with Gasteiger partial charge in [0.05, 0.1) is 14.2 Å². The number of carbonyl (C=O) groups excluding carboxylic acids is 1. The van der Waals surface area contributed by atoms with Crippen LogP contribution in [-0.4, -0.2) is 66.1 Å². The Balaban J connectivity index is 0.00000341. The van der Waals surface area contributed by atoms with Crippen LogP contribution in [0.5, 0.6) is 17.2 Å². The van der Waals surface area contributed by atoms with Crippen molar-refractivity contribution >= 4 is 49.2 Å². The second-order valence-corrected chi connectivity index (χ2v) is 8.14. The van der Waals surface area contributed by atoms with Crippen molar-refractivity contribution in [3.8, 4) is 17.2 Å². The zero-order valence-electron chi connectivity index (χ0n) is 17.1. The van der Waals surface area contributed by atoms with Gasteiger partial charge >= 0.3 is 37.4 Å². The molecule has 0 radical (unpaired) electrons. The van der Waals surface area contributed by atoms with Gasteiger partial charge in [-0.15, -0.1) is 0 Å². The molecule has 0 heterocycles. The molecule has 3 rings (SSSR count). The number of Topliss-reactive ketones (excluding diaryl/α,β-unsaturated/α-hetero) is 1. The van der Waals surface area contributed by atoms with E-state index in [2.05, 4.69) is 4.52 Å². The van der Waals surface area contributed by atoms with Gasteiger partial charge in [-0.3, -0.25) is 4.79 Å². The van der Waals surface area contributed by atoms with Crippen LogP contribution in [-0.2, 0) is 15.5 Å². The number of hydrogen-bond acceptors (Lipinski definition) is 6. The summed E-state index contributed by atoms with van der Waals surface area (Å²) in [5.41, 5.74) is 4.46. The average molecular weight is 458 g/mol. The van der Waals surface area contributed by atoms with E-state index in [1.54, 1.807) is 13.2 Å². The number of methoxy groups -OCH3 is 2. The molecule has 0 fully saturated rings. The second kappa shape index (κ2) is 10.3. The second-order valence-electron chi connectivity index (χ2n) is 6.91. The van der Waals surface area contributed by atoms with E-state index >= 15 is 0 Å². The third-order valence-corrected chi connectivity index (χ3v) is 5.22. The van der Waals surface area contributed by atoms with Crippen molar-refractivity contribution in [2.75, 3.05) is 21.0 Å². The summed E-state index contributed by atoms with van der Waals surface area (Å²) in [6.45, 7) is 3.05. The van der Waals surface area contributed by atoms with Crippen LogP contribution in [0.3, 0.4) is 0 Å². The van der Waals surface area contributed by atoms with Gasteiger partial charge in [-0.1, -0.05) is 0 Å². The van der Waals surface area contributed by atoms with Crippen LogP contribution < -0.4 is 14.2 Å². The number of phosphoric acid groups is 1. The molecule has 31 heavy (non-hydrogen) atoms. The van der Waals surface area contributed by atoms with E-state index in [0.29, 0.717) is 34.8 Å². The standard InChI is InChI=1S/C21H23O8P.Na.H/c1-12-5-14(6-13(2)21(12)28-11-29-30(23,24)25)7-16-8-15-9-18(26-3)19(27-4)10-17(15)20(16)22;;/h5-7,9-10H,8,11H2,1-4H3,(H2,23,24,25);;. The van der Waals surface area contributed by atoms with Gasteiger partial charge in [-0.2, -0.15) is 0 Å². The van der Waals surface area contributed by atoms with Crippen molar-refractivity contribution in [3.05, 3.63) is 57.7 Å². The van der Waals surface area contributed by atoms with Crippen LogP contribution in [0.15, 0.2) is 29.8 Å². The first kappa shape index (κ1) is 25.6. The number of fused-ring (bicyclic) bond motifs is 1. The maximum atomic E-state index is 12.9. The summed E-state index contributed by atoms with van der Waals surface area (Å²) in [7, 11) is -1.52. The predicted molar refractivity (Wildman–Crippen MR) is 117 cm³/mol. The average Bonchev–Trinajstić information content (AvgIpc) is 2.96. The Hall–Kier alpha value is -1.64. The van der Waals surface area contributed by atoms with E-state index in [1.807, 2.05) is 38.1 Å². The fraction of sp³-hybridized carbons (Fsp3) is 0.286. The molecule has 1 aliphatic carbocycles. The first-order valence-electron chi connectivity index (χ1n) is 9.07. The molecule has 0 saturated heterocycles. The van der Waals surface area contributed by atoms with Crippen LogP contribution >= 0.6 is 7.82 Å². The Labute approximate surface area is 202 Å². The van der Waals surface area contributed by atoms with Crippen LogP contribution in [0.25, 0.3) is 6.08 Å². The van der Waals surface area contributed by atoms with E-state index in [1.165, 1.54) is 7.11 Å². The molecule has 0 bridgehead atoms. The van der Waals surface area contributed by atoms with Crippen LogP contribution in [0.4, 0.5) is 0 Å². The molecule has 10 heteroatoms. The number of aryl methyl sites for hydroxylation is 2. The number of rotatable bonds is 7. The van der Waals surface area contributed by atoms with Gasteiger partial charge in [0.2, 0.25) is 0 Å². The Morgan fingerprint density at radius 2 is 1.61 bits per heavy atom. The Kier molecular flexibility index (Phi) is 8.53. The monoisotopic (exact) mass is 458 g/mol. The quantitative estimate of drug-likeness (QED) is 0.282. The molecule has 0 amide bonds. The third-order valence-electron chi connectivity index (χ3n) is 4.77. The molecule has 1 aliphatic rings. The van der Waals surface area contributed by atoms with E-state index in [0.717, 1.165) is 22.3 Å². The molecular formula is C21H24NaO8P. The molecule has 8 nitrogen and oxygen atoms in total. The van der Waals surface area contributed by atoms with Crippen molar-refractivity contribution in [1.29, 1.82) is 0 Å². The molecule has 0 aliphatic heterocycles. The van der Waals surface area contributed by atoms with Gasteiger partial charge in [-0.25, -0.2) is 9.09 Å². The fourth-order valence-corrected chi connectivity index (χ4v) is 3.69. The number of benzene rings is 2. The topological polar surface area (TPSA) is 112 Å². The SMILES string of the molecule is COc1cc2c(cc1OC)C(=O)C(=Cc1cc(C)c(OCOP(=O)(O)O)c(C)c1)C2.[NaH]. The Morgan fingerprint density at radius 3 is 2.16 bits per heavy atom. The minimum absolute atomic E-state index is 0. The summed E-state index contributed by atoms with van der Waals surface area (Å²) < 4.78 is 31.1. The maximum absolute atomic E-state index is 12.9. The summed E-state index contributed by atoms with van der Waals surface area (Å²) >= 11 is 0. The summed E-state index contributed by atoms with van der Waals surface area (Å²) in [5, 5.41) is 0. The fourth-order valence-electron chi connectivity index (χ4n) is 3.50. The van der Waals surface area contributed by atoms with Gasteiger partial charge in [0.1, 0.15) is 5.75 Å². The van der Waals surface area contributed by atoms with Gasteiger partial charge < -0.3 is 24.0 Å². The Morgan fingerprint density at radius 1 is 1.03 bits per heavy atom. The van der Waals surface area contributed by atoms with Gasteiger partial charge in [0.25, 0.3) is 0 Å². The molecule has 2 N–H and O–H groups in total. The molecular weight excluding hydrogens is 434 g/mol. The summed E-state index contributed by atoms with van der Waals surface area (Å²) in [5.74, 6) is 1.50. The summed E-state index contributed by atoms with van der Waals surface area (Å²) in [6, 6.07) is 7.20. The zero-order chi connectivity index (χ0) is 22.1. The van der Waals surface area contributed by atoms with Crippen molar-refractivity contribution in [2.45, 2.75) is 20.3 Å². The van der Waals surface area contributed by atoms with Crippen LogP contribution in [0.2, 0.25) is 0 Å². The Bertz CT molecular complexity index is 1050. The number of phosphoric ester groups is 1. The minimum atomic E-state index is -4.60. The summed E-state index contributed by atoms with van der Waals surface area (Å²) in [6.07, 6.45) is 2.32. The van der Waals surface area contributed by atoms with E-state index in [9.17, 15) is 9.36 Å². The zero-order valence-corrected chi connectivity index (χ0v) is 18.0. The number of carbonyl (C=O) groups is 1. The van der Waals surface area contributed by atoms with E-state index < -0.39 is 14.6 Å². The first-order valence-corrected chi connectivity index (χ1v) is 10.6. The van der Waals surface area contributed by atoms with Gasteiger partial charge in [0.15, 0.2) is 24.1 Å². The normalized spacial score (nSPS) is 14.3. The predicted octanol–water partition coefficient (Wildman–Crippen LogP) is 2.94. The number of ketones is 1. The number of allylic oxidation sites excluding steroid dienone is 1. The van der Waals surface area contributed by atoms with E-state index in [-0.39, 0.29) is 35.3 Å². The molecule has 0 atom stereocenters. The van der Waals surface area contributed by atoms with Crippen molar-refractivity contribution in [2.24, 2.45) is 0 Å². The van der Waals surface area contributed by atoms with Crippen molar-refractivity contribution in [3.63, 3.8) is 0 Å². The van der Waals surface area contributed by atoms with Gasteiger partial charge in [0, 0.05) is 17.6 Å². The van der Waals surface area contributed by atoms with Crippen molar-refractivity contribution in [1.82, 2.24) is 0 Å².